The molecule has 0 aliphatic rings. The van der Waals surface area contributed by atoms with E-state index >= 15 is 0 Å². The van der Waals surface area contributed by atoms with Crippen molar-refractivity contribution < 1.29 is 14.7 Å². The van der Waals surface area contributed by atoms with Gasteiger partial charge in [-0.05, 0) is 25.1 Å². The first kappa shape index (κ1) is 15.8. The summed E-state index contributed by atoms with van der Waals surface area (Å²) in [6, 6.07) is 4.64. The number of amides is 1. The van der Waals surface area contributed by atoms with Crippen LogP contribution in [0.15, 0.2) is 18.2 Å². The molecule has 0 saturated carbocycles. The van der Waals surface area contributed by atoms with Crippen molar-refractivity contribution in [3.8, 4) is 0 Å². The van der Waals surface area contributed by atoms with E-state index in [1.807, 2.05) is 11.8 Å². The molecule has 6 nitrogen and oxygen atoms in total. The molecule has 0 saturated heterocycles. The highest BCUT2D eigenvalue weighted by atomic mass is 16.4. The van der Waals surface area contributed by atoms with Crippen LogP contribution in [0.5, 0.6) is 0 Å². The van der Waals surface area contributed by atoms with Crippen molar-refractivity contribution in [1.82, 2.24) is 4.90 Å². The summed E-state index contributed by atoms with van der Waals surface area (Å²) in [5, 5.41) is 8.91. The number of carbonyl (C=O) groups is 2. The van der Waals surface area contributed by atoms with E-state index in [9.17, 15) is 9.59 Å². The molecule has 0 aromatic heterocycles. The molecule has 0 heterocycles. The number of nitrogens with zero attached hydrogens (tertiary/aromatic N) is 2. The van der Waals surface area contributed by atoms with Gasteiger partial charge in [0.1, 0.15) is 0 Å². The van der Waals surface area contributed by atoms with Crippen molar-refractivity contribution in [2.24, 2.45) is 0 Å². The van der Waals surface area contributed by atoms with Crippen LogP contribution < -0.4 is 10.6 Å². The third-order valence-corrected chi connectivity index (χ3v) is 3.09. The Hall–Kier alpha value is -2.24. The highest BCUT2D eigenvalue weighted by molar-refractivity contribution is 5.90. The maximum absolute atomic E-state index is 11.6. The van der Waals surface area contributed by atoms with Crippen LogP contribution in [0.4, 0.5) is 11.4 Å². The Bertz CT molecular complexity index is 500. The third kappa shape index (κ3) is 3.88. The molecular formula is C14H21N3O3. The van der Waals surface area contributed by atoms with Gasteiger partial charge in [0.15, 0.2) is 0 Å². The number of anilines is 2. The molecule has 0 atom stereocenters. The number of benzene rings is 1. The molecule has 1 amide bonds. The zero-order chi connectivity index (χ0) is 15.3. The van der Waals surface area contributed by atoms with E-state index in [1.54, 1.807) is 25.1 Å². The monoisotopic (exact) mass is 279 g/mol. The van der Waals surface area contributed by atoms with Gasteiger partial charge in [-0.1, -0.05) is 0 Å². The summed E-state index contributed by atoms with van der Waals surface area (Å²) in [6.07, 6.45) is 0.390. The van der Waals surface area contributed by atoms with Gasteiger partial charge in [-0.25, -0.2) is 4.79 Å². The zero-order valence-corrected chi connectivity index (χ0v) is 12.1. The van der Waals surface area contributed by atoms with E-state index in [0.717, 1.165) is 5.69 Å². The number of rotatable bonds is 6. The second-order valence-electron chi connectivity index (χ2n) is 4.70. The van der Waals surface area contributed by atoms with Gasteiger partial charge in [-0.15, -0.1) is 0 Å². The Morgan fingerprint density at radius 2 is 1.95 bits per heavy atom. The number of nitrogen functional groups attached to an aromatic ring is 1. The normalized spacial score (nSPS) is 10.2. The highest BCUT2D eigenvalue weighted by Gasteiger charge is 2.13. The predicted molar refractivity (Wildman–Crippen MR) is 79.0 cm³/mol. The average molecular weight is 279 g/mol. The van der Waals surface area contributed by atoms with E-state index < -0.39 is 5.97 Å². The summed E-state index contributed by atoms with van der Waals surface area (Å²) in [4.78, 5) is 26.0. The van der Waals surface area contributed by atoms with Gasteiger partial charge in [0.25, 0.3) is 0 Å². The number of carboxylic acid groups (broad SMARTS) is 1. The Labute approximate surface area is 118 Å². The fraction of sp³-hybridized carbons (Fsp3) is 0.429. The summed E-state index contributed by atoms with van der Waals surface area (Å²) < 4.78 is 0. The van der Waals surface area contributed by atoms with Crippen molar-refractivity contribution in [3.05, 3.63) is 23.8 Å². The minimum atomic E-state index is -1.01. The summed E-state index contributed by atoms with van der Waals surface area (Å²) in [7, 11) is 3.43. The summed E-state index contributed by atoms with van der Waals surface area (Å²) in [5.41, 5.74) is 7.22. The fourth-order valence-electron chi connectivity index (χ4n) is 1.88. The molecule has 0 bridgehead atoms. The number of carboxylic acids is 1. The largest absolute Gasteiger partial charge is 0.478 e. The average Bonchev–Trinajstić information content (AvgIpc) is 2.40. The Balaban J connectivity index is 2.85. The number of aromatic carboxylic acids is 1. The quantitative estimate of drug-likeness (QED) is 0.766. The van der Waals surface area contributed by atoms with Gasteiger partial charge in [-0.2, -0.15) is 0 Å². The smallest absolute Gasteiger partial charge is 0.335 e. The third-order valence-electron chi connectivity index (χ3n) is 3.09. The van der Waals surface area contributed by atoms with Crippen molar-refractivity contribution in [1.29, 1.82) is 0 Å². The Morgan fingerprint density at radius 1 is 1.30 bits per heavy atom. The maximum atomic E-state index is 11.6. The van der Waals surface area contributed by atoms with E-state index in [4.69, 9.17) is 10.8 Å². The molecular weight excluding hydrogens is 258 g/mol. The number of nitrogens with two attached hydrogens (primary N) is 1. The number of hydrogen-bond acceptors (Lipinski definition) is 4. The lowest BCUT2D eigenvalue weighted by atomic mass is 10.1. The molecule has 110 valence electrons. The van der Waals surface area contributed by atoms with Crippen molar-refractivity contribution >= 4 is 23.3 Å². The molecule has 1 rings (SSSR count). The maximum Gasteiger partial charge on any atom is 0.335 e. The van der Waals surface area contributed by atoms with Gasteiger partial charge in [0.2, 0.25) is 5.91 Å². The predicted octanol–water partition coefficient (Wildman–Crippen LogP) is 1.27. The van der Waals surface area contributed by atoms with E-state index in [2.05, 4.69) is 0 Å². The first-order chi connectivity index (χ1) is 9.36. The minimum Gasteiger partial charge on any atom is -0.478 e. The Kier molecular flexibility index (Phi) is 5.37. The van der Waals surface area contributed by atoms with Crippen molar-refractivity contribution in [2.45, 2.75) is 13.3 Å². The summed E-state index contributed by atoms with van der Waals surface area (Å²) >= 11 is 0. The lowest BCUT2D eigenvalue weighted by molar-refractivity contribution is -0.128. The van der Waals surface area contributed by atoms with Gasteiger partial charge in [0.05, 0.1) is 16.9 Å². The van der Waals surface area contributed by atoms with Gasteiger partial charge in [-0.3, -0.25) is 4.79 Å². The van der Waals surface area contributed by atoms with Gasteiger partial charge >= 0.3 is 5.97 Å². The van der Waals surface area contributed by atoms with Crippen LogP contribution >= 0.6 is 0 Å². The molecule has 0 spiro atoms. The SMILES string of the molecule is CCN(CCC(=O)N(C)C)c1ccc(C(=O)O)cc1N. The second-order valence-corrected chi connectivity index (χ2v) is 4.70. The molecule has 0 unspecified atom stereocenters. The molecule has 0 aliphatic heterocycles. The molecule has 20 heavy (non-hydrogen) atoms. The lowest BCUT2D eigenvalue weighted by Crippen LogP contribution is -2.30. The van der Waals surface area contributed by atoms with Gasteiger partial charge < -0.3 is 20.6 Å². The highest BCUT2D eigenvalue weighted by Crippen LogP contribution is 2.24. The Morgan fingerprint density at radius 3 is 2.40 bits per heavy atom. The molecule has 0 aliphatic carbocycles. The van der Waals surface area contributed by atoms with Crippen LogP contribution in [0.2, 0.25) is 0 Å². The first-order valence-electron chi connectivity index (χ1n) is 6.44. The van der Waals surface area contributed by atoms with Crippen molar-refractivity contribution in [3.63, 3.8) is 0 Å². The molecule has 0 radical (unpaired) electrons. The topological polar surface area (TPSA) is 86.9 Å². The number of carbonyl (C=O) groups excluding carboxylic acids is 1. The minimum absolute atomic E-state index is 0.0455. The van der Waals surface area contributed by atoms with E-state index in [-0.39, 0.29) is 11.5 Å². The van der Waals surface area contributed by atoms with Crippen LogP contribution in [0.3, 0.4) is 0 Å². The first-order valence-corrected chi connectivity index (χ1v) is 6.44. The van der Waals surface area contributed by atoms with Crippen molar-refractivity contribution in [2.75, 3.05) is 37.8 Å². The molecule has 6 heteroatoms. The lowest BCUT2D eigenvalue weighted by Gasteiger charge is -2.25. The summed E-state index contributed by atoms with van der Waals surface area (Å²) in [5.74, 6) is -0.960. The zero-order valence-electron chi connectivity index (χ0n) is 12.1. The summed E-state index contributed by atoms with van der Waals surface area (Å²) in [6.45, 7) is 3.20. The number of hydrogen-bond donors (Lipinski definition) is 2. The molecule has 0 fully saturated rings. The molecule has 1 aromatic rings. The van der Waals surface area contributed by atoms with Crippen LogP contribution in [-0.4, -0.2) is 49.1 Å². The van der Waals surface area contributed by atoms with Crippen LogP contribution in [0.25, 0.3) is 0 Å². The molecule has 3 N–H and O–H groups in total. The van der Waals surface area contributed by atoms with E-state index in [1.165, 1.54) is 12.1 Å². The standard InChI is InChI=1S/C14H21N3O3/c1-4-17(8-7-13(18)16(2)3)12-6-5-10(14(19)20)9-11(12)15/h5-6,9H,4,7-8,15H2,1-3H3,(H,19,20). The second kappa shape index (κ2) is 6.79. The van der Waals surface area contributed by atoms with E-state index in [0.29, 0.717) is 25.2 Å². The van der Waals surface area contributed by atoms with Crippen LogP contribution in [-0.2, 0) is 4.79 Å². The van der Waals surface area contributed by atoms with Gasteiger partial charge in [0, 0.05) is 33.6 Å². The van der Waals surface area contributed by atoms with Crippen LogP contribution in [0, 0.1) is 0 Å². The fourth-order valence-corrected chi connectivity index (χ4v) is 1.88. The van der Waals surface area contributed by atoms with Crippen LogP contribution in [0.1, 0.15) is 23.7 Å². The molecule has 1 aromatic carbocycles.